The molecule has 0 bridgehead atoms. The van der Waals surface area contributed by atoms with E-state index in [2.05, 4.69) is 5.32 Å². The number of furan rings is 1. The molecule has 1 aromatic carbocycles. The van der Waals surface area contributed by atoms with Crippen LogP contribution in [-0.4, -0.2) is 7.05 Å². The van der Waals surface area contributed by atoms with Gasteiger partial charge in [0.15, 0.2) is 0 Å². The molecule has 15 heavy (non-hydrogen) atoms. The molecule has 1 heterocycles. The summed E-state index contributed by atoms with van der Waals surface area (Å²) >= 11 is 6.19. The monoisotopic (exact) mass is 223 g/mol. The highest BCUT2D eigenvalue weighted by Crippen LogP contribution is 2.30. The van der Waals surface area contributed by atoms with Crippen molar-refractivity contribution in [1.82, 2.24) is 5.32 Å². The van der Waals surface area contributed by atoms with Crippen LogP contribution in [0.4, 0.5) is 0 Å². The van der Waals surface area contributed by atoms with Crippen LogP contribution in [0.5, 0.6) is 0 Å². The standard InChI is InChI=1S/C12H14ClNO/c1-7-4-11-10(8(2)12(7)13)5-9(15-11)6-14-3/h4-5,14H,6H2,1-3H3. The van der Waals surface area contributed by atoms with Gasteiger partial charge in [0.1, 0.15) is 11.3 Å². The fourth-order valence-electron chi connectivity index (χ4n) is 1.79. The zero-order chi connectivity index (χ0) is 11.0. The van der Waals surface area contributed by atoms with E-state index in [-0.39, 0.29) is 0 Å². The number of rotatable bonds is 2. The first-order valence-electron chi connectivity index (χ1n) is 4.96. The zero-order valence-corrected chi connectivity index (χ0v) is 9.90. The highest BCUT2D eigenvalue weighted by atomic mass is 35.5. The maximum absolute atomic E-state index is 6.19. The van der Waals surface area contributed by atoms with Crippen molar-refractivity contribution in [1.29, 1.82) is 0 Å². The second kappa shape index (κ2) is 3.87. The Bertz CT molecular complexity index is 502. The Hall–Kier alpha value is -0.990. The lowest BCUT2D eigenvalue weighted by Gasteiger charge is -2.02. The van der Waals surface area contributed by atoms with Crippen molar-refractivity contribution in [3.8, 4) is 0 Å². The molecule has 1 aromatic heterocycles. The molecule has 0 aliphatic carbocycles. The van der Waals surface area contributed by atoms with Crippen LogP contribution in [0.2, 0.25) is 5.02 Å². The number of hydrogen-bond donors (Lipinski definition) is 1. The highest BCUT2D eigenvalue weighted by Gasteiger charge is 2.10. The summed E-state index contributed by atoms with van der Waals surface area (Å²) in [6.45, 7) is 4.76. The van der Waals surface area contributed by atoms with Crippen molar-refractivity contribution in [2.24, 2.45) is 0 Å². The van der Waals surface area contributed by atoms with Crippen molar-refractivity contribution in [3.63, 3.8) is 0 Å². The number of halogens is 1. The van der Waals surface area contributed by atoms with E-state index in [4.69, 9.17) is 16.0 Å². The smallest absolute Gasteiger partial charge is 0.134 e. The van der Waals surface area contributed by atoms with Gasteiger partial charge in [0.25, 0.3) is 0 Å². The van der Waals surface area contributed by atoms with Gasteiger partial charge in [-0.3, -0.25) is 0 Å². The summed E-state index contributed by atoms with van der Waals surface area (Å²) in [5.41, 5.74) is 3.07. The van der Waals surface area contributed by atoms with Gasteiger partial charge in [0.2, 0.25) is 0 Å². The Balaban J connectivity index is 2.65. The predicted octanol–water partition coefficient (Wildman–Crippen LogP) is 3.42. The quantitative estimate of drug-likeness (QED) is 0.844. The summed E-state index contributed by atoms with van der Waals surface area (Å²) in [5.74, 6) is 0.942. The van der Waals surface area contributed by atoms with Crippen molar-refractivity contribution >= 4 is 22.6 Å². The third-order valence-corrected chi connectivity index (χ3v) is 3.17. The molecule has 80 valence electrons. The SMILES string of the molecule is CNCc1cc2c(C)c(Cl)c(C)cc2o1. The van der Waals surface area contributed by atoms with E-state index in [0.717, 1.165) is 39.4 Å². The minimum absolute atomic E-state index is 0.741. The lowest BCUT2D eigenvalue weighted by atomic mass is 10.1. The topological polar surface area (TPSA) is 25.2 Å². The molecule has 3 heteroatoms. The average molecular weight is 224 g/mol. The van der Waals surface area contributed by atoms with E-state index in [1.165, 1.54) is 0 Å². The third-order valence-electron chi connectivity index (χ3n) is 2.59. The Morgan fingerprint density at radius 2 is 2.07 bits per heavy atom. The summed E-state index contributed by atoms with van der Waals surface area (Å²) in [6.07, 6.45) is 0. The maximum Gasteiger partial charge on any atom is 0.134 e. The minimum atomic E-state index is 0.741. The Morgan fingerprint density at radius 1 is 1.33 bits per heavy atom. The van der Waals surface area contributed by atoms with E-state index in [1.54, 1.807) is 0 Å². The van der Waals surface area contributed by atoms with Crippen LogP contribution in [0.15, 0.2) is 16.5 Å². The molecule has 0 saturated heterocycles. The molecule has 2 aromatic rings. The van der Waals surface area contributed by atoms with Gasteiger partial charge in [-0.25, -0.2) is 0 Å². The van der Waals surface area contributed by atoms with Gasteiger partial charge < -0.3 is 9.73 Å². The molecule has 1 N–H and O–H groups in total. The van der Waals surface area contributed by atoms with Gasteiger partial charge in [-0.2, -0.15) is 0 Å². The summed E-state index contributed by atoms with van der Waals surface area (Å²) < 4.78 is 5.70. The largest absolute Gasteiger partial charge is 0.460 e. The summed E-state index contributed by atoms with van der Waals surface area (Å²) in [5, 5.41) is 5.01. The van der Waals surface area contributed by atoms with Gasteiger partial charge in [0, 0.05) is 10.4 Å². The Labute approximate surface area is 94.2 Å². The summed E-state index contributed by atoms with van der Waals surface area (Å²) in [6, 6.07) is 4.04. The third kappa shape index (κ3) is 1.75. The molecule has 0 amide bonds. The number of benzene rings is 1. The molecule has 0 radical (unpaired) electrons. The molecule has 0 atom stereocenters. The number of aryl methyl sites for hydroxylation is 2. The second-order valence-corrected chi connectivity index (χ2v) is 4.17. The van der Waals surface area contributed by atoms with Crippen LogP contribution in [0, 0.1) is 13.8 Å². The van der Waals surface area contributed by atoms with Gasteiger partial charge >= 0.3 is 0 Å². The van der Waals surface area contributed by atoms with E-state index >= 15 is 0 Å². The lowest BCUT2D eigenvalue weighted by molar-refractivity contribution is 0.530. The lowest BCUT2D eigenvalue weighted by Crippen LogP contribution is -2.03. The molecule has 0 unspecified atom stereocenters. The molecule has 2 rings (SSSR count). The average Bonchev–Trinajstić information content (AvgIpc) is 2.58. The van der Waals surface area contributed by atoms with E-state index < -0.39 is 0 Å². The van der Waals surface area contributed by atoms with Gasteiger partial charge in [-0.05, 0) is 44.2 Å². The van der Waals surface area contributed by atoms with Crippen LogP contribution < -0.4 is 5.32 Å². The molecule has 0 fully saturated rings. The van der Waals surface area contributed by atoms with Crippen LogP contribution in [0.3, 0.4) is 0 Å². The van der Waals surface area contributed by atoms with Gasteiger partial charge in [-0.15, -0.1) is 0 Å². The van der Waals surface area contributed by atoms with Crippen LogP contribution >= 0.6 is 11.6 Å². The van der Waals surface area contributed by atoms with E-state index in [0.29, 0.717) is 0 Å². The predicted molar refractivity (Wildman–Crippen MR) is 63.5 cm³/mol. The van der Waals surface area contributed by atoms with Gasteiger partial charge in [-0.1, -0.05) is 11.6 Å². The van der Waals surface area contributed by atoms with E-state index in [9.17, 15) is 0 Å². The normalized spacial score (nSPS) is 11.2. The van der Waals surface area contributed by atoms with Crippen molar-refractivity contribution in [3.05, 3.63) is 34.0 Å². The Morgan fingerprint density at radius 3 is 2.73 bits per heavy atom. The number of hydrogen-bond acceptors (Lipinski definition) is 2. The first kappa shape index (κ1) is 10.5. The van der Waals surface area contributed by atoms with Crippen LogP contribution in [0.25, 0.3) is 11.0 Å². The van der Waals surface area contributed by atoms with Crippen molar-refractivity contribution in [2.45, 2.75) is 20.4 Å². The first-order chi connectivity index (χ1) is 7.13. The number of nitrogens with one attached hydrogen (secondary N) is 1. The zero-order valence-electron chi connectivity index (χ0n) is 9.15. The molecule has 2 nitrogen and oxygen atoms in total. The van der Waals surface area contributed by atoms with Crippen molar-refractivity contribution in [2.75, 3.05) is 7.05 Å². The molecule has 0 spiro atoms. The maximum atomic E-state index is 6.19. The Kier molecular flexibility index (Phi) is 2.72. The van der Waals surface area contributed by atoms with Crippen LogP contribution in [-0.2, 0) is 6.54 Å². The van der Waals surface area contributed by atoms with Crippen LogP contribution in [0.1, 0.15) is 16.9 Å². The van der Waals surface area contributed by atoms with Gasteiger partial charge in [0.05, 0.1) is 6.54 Å². The fourth-order valence-corrected chi connectivity index (χ4v) is 1.95. The molecule has 0 aliphatic heterocycles. The van der Waals surface area contributed by atoms with E-state index in [1.807, 2.05) is 33.0 Å². The minimum Gasteiger partial charge on any atom is -0.460 e. The highest BCUT2D eigenvalue weighted by molar-refractivity contribution is 6.33. The summed E-state index contributed by atoms with van der Waals surface area (Å²) in [4.78, 5) is 0. The molecule has 0 aliphatic rings. The van der Waals surface area contributed by atoms with Crippen molar-refractivity contribution < 1.29 is 4.42 Å². The molecule has 0 saturated carbocycles. The second-order valence-electron chi connectivity index (χ2n) is 3.79. The molecular weight excluding hydrogens is 210 g/mol. The fraction of sp³-hybridized carbons (Fsp3) is 0.333. The first-order valence-corrected chi connectivity index (χ1v) is 5.34. The summed E-state index contributed by atoms with van der Waals surface area (Å²) in [7, 11) is 1.90. The number of fused-ring (bicyclic) bond motifs is 1. The molecular formula is C12H14ClNO.